The third kappa shape index (κ3) is 5.99. The maximum absolute atomic E-state index is 13.1. The summed E-state index contributed by atoms with van der Waals surface area (Å²) < 4.78 is 0. The Balaban J connectivity index is 1.59. The van der Waals surface area contributed by atoms with Crippen LogP contribution in [-0.2, 0) is 10.2 Å². The van der Waals surface area contributed by atoms with Crippen LogP contribution in [0.5, 0.6) is 0 Å². The topological polar surface area (TPSA) is 58.4 Å². The number of carbonyl (C=O) groups excluding carboxylic acids is 1. The highest BCUT2D eigenvalue weighted by Crippen LogP contribution is 2.43. The molecule has 3 N–H and O–H groups in total. The molecule has 2 aromatic carbocycles. The van der Waals surface area contributed by atoms with Gasteiger partial charge >= 0.3 is 0 Å². The van der Waals surface area contributed by atoms with Crippen molar-refractivity contribution >= 4 is 5.91 Å². The molecule has 0 aliphatic carbocycles. The number of nitrogens with two attached hydrogens (primary N) is 1. The normalized spacial score (nSPS) is 17.0. The standard InChI is InChI=1S/C28H41N3O/c1-2-30-20-13-5-3-4-6-14-21-31-22-19-26(23-31)28(27(29)32,24-15-9-7-10-16-24)25-17-11-8-12-18-25/h7-12,15-18,26,30H,2-6,13-14,19-23H2,1H3,(H2,29,32)/t26-/m0/s1. The number of nitrogens with one attached hydrogen (secondary N) is 1. The van der Waals surface area contributed by atoms with Gasteiger partial charge in [-0.05, 0) is 62.5 Å². The van der Waals surface area contributed by atoms with E-state index in [4.69, 9.17) is 5.73 Å². The first-order valence-corrected chi connectivity index (χ1v) is 12.5. The summed E-state index contributed by atoms with van der Waals surface area (Å²) in [6, 6.07) is 20.3. The van der Waals surface area contributed by atoms with E-state index in [9.17, 15) is 4.79 Å². The van der Waals surface area contributed by atoms with E-state index in [1.54, 1.807) is 0 Å². The lowest BCUT2D eigenvalue weighted by molar-refractivity contribution is -0.123. The van der Waals surface area contributed by atoms with E-state index < -0.39 is 5.41 Å². The molecular weight excluding hydrogens is 394 g/mol. The van der Waals surface area contributed by atoms with Crippen molar-refractivity contribution in [1.29, 1.82) is 0 Å². The van der Waals surface area contributed by atoms with Gasteiger partial charge in [-0.1, -0.05) is 93.3 Å². The number of likely N-dealkylation sites (tertiary alicyclic amines) is 1. The molecule has 1 aliphatic rings. The Morgan fingerprint density at radius 2 is 1.50 bits per heavy atom. The van der Waals surface area contributed by atoms with Crippen molar-refractivity contribution in [3.8, 4) is 0 Å². The van der Waals surface area contributed by atoms with Crippen LogP contribution in [0.4, 0.5) is 0 Å². The first-order chi connectivity index (χ1) is 15.7. The third-order valence-corrected chi connectivity index (χ3v) is 7.06. The molecule has 1 saturated heterocycles. The van der Waals surface area contributed by atoms with Gasteiger partial charge in [-0.2, -0.15) is 0 Å². The molecule has 1 fully saturated rings. The first kappa shape index (κ1) is 24.5. The SMILES string of the molecule is CCNCCCCCCCCN1CC[C@H](C(C(N)=O)(c2ccccc2)c2ccccc2)C1. The van der Waals surface area contributed by atoms with Gasteiger partial charge in [0.05, 0.1) is 0 Å². The minimum atomic E-state index is -0.774. The van der Waals surface area contributed by atoms with Crippen LogP contribution >= 0.6 is 0 Å². The number of hydrogen-bond donors (Lipinski definition) is 2. The van der Waals surface area contributed by atoms with Gasteiger partial charge in [-0.3, -0.25) is 4.79 Å². The number of benzene rings is 2. The van der Waals surface area contributed by atoms with E-state index >= 15 is 0 Å². The molecule has 0 aromatic heterocycles. The second-order valence-electron chi connectivity index (χ2n) is 9.17. The van der Waals surface area contributed by atoms with Crippen molar-refractivity contribution in [1.82, 2.24) is 10.2 Å². The predicted octanol–water partition coefficient (Wildman–Crippen LogP) is 4.73. The molecule has 1 atom stereocenters. The summed E-state index contributed by atoms with van der Waals surface area (Å²) in [4.78, 5) is 15.7. The maximum atomic E-state index is 13.1. The fraction of sp³-hybridized carbons (Fsp3) is 0.536. The van der Waals surface area contributed by atoms with Gasteiger partial charge in [0.15, 0.2) is 0 Å². The number of nitrogens with zero attached hydrogens (tertiary/aromatic N) is 1. The summed E-state index contributed by atoms with van der Waals surface area (Å²) in [7, 11) is 0. The Kier molecular flexibility index (Phi) is 9.76. The van der Waals surface area contributed by atoms with Crippen LogP contribution in [-0.4, -0.2) is 43.5 Å². The van der Waals surface area contributed by atoms with E-state index in [0.29, 0.717) is 0 Å². The Hall–Kier alpha value is -2.17. The van der Waals surface area contributed by atoms with E-state index in [2.05, 4.69) is 41.4 Å². The highest BCUT2D eigenvalue weighted by molar-refractivity contribution is 5.91. The minimum absolute atomic E-state index is 0.191. The molecule has 32 heavy (non-hydrogen) atoms. The van der Waals surface area contributed by atoms with Gasteiger partial charge in [0.2, 0.25) is 5.91 Å². The van der Waals surface area contributed by atoms with Gasteiger partial charge in [-0.25, -0.2) is 0 Å². The minimum Gasteiger partial charge on any atom is -0.369 e. The van der Waals surface area contributed by atoms with Crippen LogP contribution in [0.2, 0.25) is 0 Å². The molecule has 0 spiro atoms. The Morgan fingerprint density at radius 1 is 0.938 bits per heavy atom. The third-order valence-electron chi connectivity index (χ3n) is 7.06. The van der Waals surface area contributed by atoms with E-state index in [1.807, 2.05) is 36.4 Å². The molecule has 1 aliphatic heterocycles. The van der Waals surface area contributed by atoms with Crippen LogP contribution in [0.3, 0.4) is 0 Å². The molecule has 0 bridgehead atoms. The number of primary amides is 1. The van der Waals surface area contributed by atoms with Crippen LogP contribution in [0.25, 0.3) is 0 Å². The van der Waals surface area contributed by atoms with Crippen molar-refractivity contribution in [3.63, 3.8) is 0 Å². The fourth-order valence-electron chi connectivity index (χ4n) is 5.38. The molecule has 3 rings (SSSR count). The summed E-state index contributed by atoms with van der Waals surface area (Å²) >= 11 is 0. The molecule has 0 saturated carbocycles. The highest BCUT2D eigenvalue weighted by atomic mass is 16.1. The zero-order valence-corrected chi connectivity index (χ0v) is 19.8. The predicted molar refractivity (Wildman–Crippen MR) is 134 cm³/mol. The molecule has 174 valence electrons. The Bertz CT molecular complexity index is 753. The molecule has 4 nitrogen and oxygen atoms in total. The Morgan fingerprint density at radius 3 is 2.06 bits per heavy atom. The second kappa shape index (κ2) is 12.8. The maximum Gasteiger partial charge on any atom is 0.232 e. The van der Waals surface area contributed by atoms with Gasteiger partial charge in [-0.15, -0.1) is 0 Å². The van der Waals surface area contributed by atoms with Crippen molar-refractivity contribution in [2.75, 3.05) is 32.7 Å². The molecular formula is C28H41N3O. The summed E-state index contributed by atoms with van der Waals surface area (Å²) in [6.07, 6.45) is 8.80. The number of amides is 1. The largest absolute Gasteiger partial charge is 0.369 e. The first-order valence-electron chi connectivity index (χ1n) is 12.5. The number of hydrogen-bond acceptors (Lipinski definition) is 3. The lowest BCUT2D eigenvalue weighted by atomic mass is 9.64. The molecule has 0 radical (unpaired) electrons. The van der Waals surface area contributed by atoms with Crippen LogP contribution < -0.4 is 11.1 Å². The van der Waals surface area contributed by atoms with Crippen LogP contribution in [0.1, 0.15) is 63.0 Å². The van der Waals surface area contributed by atoms with Gasteiger partial charge in [0.1, 0.15) is 5.41 Å². The zero-order valence-electron chi connectivity index (χ0n) is 19.8. The molecule has 2 aromatic rings. The molecule has 1 heterocycles. The van der Waals surface area contributed by atoms with Gasteiger partial charge in [0, 0.05) is 6.54 Å². The number of carbonyl (C=O) groups is 1. The summed E-state index contributed by atoms with van der Waals surface area (Å²) in [5, 5.41) is 3.40. The highest BCUT2D eigenvalue weighted by Gasteiger charge is 2.49. The fourth-order valence-corrected chi connectivity index (χ4v) is 5.38. The average Bonchev–Trinajstić information content (AvgIpc) is 3.29. The average molecular weight is 436 g/mol. The summed E-state index contributed by atoms with van der Waals surface area (Å²) in [6.45, 7) is 7.47. The smallest absolute Gasteiger partial charge is 0.232 e. The van der Waals surface area contributed by atoms with E-state index in [-0.39, 0.29) is 11.8 Å². The Labute approximate surface area is 194 Å². The lowest BCUT2D eigenvalue weighted by Gasteiger charge is -2.37. The zero-order chi connectivity index (χ0) is 22.7. The van der Waals surface area contributed by atoms with Gasteiger partial charge < -0.3 is 16.0 Å². The number of rotatable bonds is 14. The molecule has 4 heteroatoms. The van der Waals surface area contributed by atoms with Crippen LogP contribution in [0.15, 0.2) is 60.7 Å². The second-order valence-corrected chi connectivity index (χ2v) is 9.17. The van der Waals surface area contributed by atoms with Gasteiger partial charge in [0.25, 0.3) is 0 Å². The van der Waals surface area contributed by atoms with Crippen molar-refractivity contribution < 1.29 is 4.79 Å². The molecule has 0 unspecified atom stereocenters. The van der Waals surface area contributed by atoms with Crippen molar-refractivity contribution in [3.05, 3.63) is 71.8 Å². The monoisotopic (exact) mass is 435 g/mol. The lowest BCUT2D eigenvalue weighted by Crippen LogP contribution is -2.49. The summed E-state index contributed by atoms with van der Waals surface area (Å²) in [5.74, 6) is -0.0461. The van der Waals surface area contributed by atoms with Crippen molar-refractivity contribution in [2.24, 2.45) is 11.7 Å². The summed E-state index contributed by atoms with van der Waals surface area (Å²) in [5.41, 5.74) is 7.46. The van der Waals surface area contributed by atoms with Crippen molar-refractivity contribution in [2.45, 2.75) is 57.3 Å². The quantitative estimate of drug-likeness (QED) is 0.422. The molecule has 1 amide bonds. The van der Waals surface area contributed by atoms with Crippen LogP contribution in [0, 0.1) is 5.92 Å². The number of unbranched alkanes of at least 4 members (excludes halogenated alkanes) is 5. The van der Waals surface area contributed by atoms with E-state index in [0.717, 1.165) is 50.3 Å². The van der Waals surface area contributed by atoms with E-state index in [1.165, 1.54) is 38.5 Å².